The van der Waals surface area contributed by atoms with Crippen molar-refractivity contribution >= 4 is 21.7 Å². The maximum absolute atomic E-state index is 12.7. The Morgan fingerprint density at radius 3 is 2.50 bits per heavy atom. The number of ether oxygens (including phenoxy) is 1. The van der Waals surface area contributed by atoms with Crippen molar-refractivity contribution in [2.24, 2.45) is 0 Å². The number of carbonyl (C=O) groups is 1. The van der Waals surface area contributed by atoms with Gasteiger partial charge < -0.3 is 4.74 Å². The summed E-state index contributed by atoms with van der Waals surface area (Å²) in [6.07, 6.45) is -4.65. The van der Waals surface area contributed by atoms with E-state index in [1.54, 1.807) is 6.07 Å². The van der Waals surface area contributed by atoms with Crippen molar-refractivity contribution in [3.63, 3.8) is 0 Å². The summed E-state index contributed by atoms with van der Waals surface area (Å²) in [5.41, 5.74) is -1.50. The quantitative estimate of drug-likeness (QED) is 0.634. The molecule has 96 valence electrons. The number of alkyl halides is 4. The van der Waals surface area contributed by atoms with Crippen LogP contribution < -0.4 is 4.74 Å². The second kappa shape index (κ2) is 5.40. The van der Waals surface area contributed by atoms with Crippen LogP contribution in [0.4, 0.5) is 13.2 Å². The molecule has 0 bridgehead atoms. The highest BCUT2D eigenvalue weighted by Crippen LogP contribution is 2.37. The van der Waals surface area contributed by atoms with Crippen LogP contribution in [-0.2, 0) is 6.18 Å². The molecule has 0 unspecified atom stereocenters. The van der Waals surface area contributed by atoms with E-state index in [2.05, 4.69) is 20.7 Å². The smallest absolute Gasteiger partial charge is 0.419 e. The summed E-state index contributed by atoms with van der Waals surface area (Å²) in [5.74, 6) is -1.08. The van der Waals surface area contributed by atoms with Crippen molar-refractivity contribution in [1.82, 2.24) is 0 Å². The number of benzene rings is 1. The summed E-state index contributed by atoms with van der Waals surface area (Å²) < 4.78 is 42.8. The van der Waals surface area contributed by atoms with E-state index in [4.69, 9.17) is 5.26 Å². The SMILES string of the molecule is COc1cc(C#N)c(C(=O)CBr)cc1C(F)(F)F. The van der Waals surface area contributed by atoms with Crippen molar-refractivity contribution in [3.8, 4) is 11.8 Å². The first kappa shape index (κ1) is 14.5. The zero-order valence-electron chi connectivity index (χ0n) is 9.14. The number of Topliss-reactive ketones (excluding diaryl/α,β-unsaturated/α-hetero) is 1. The maximum atomic E-state index is 12.7. The fourth-order valence-electron chi connectivity index (χ4n) is 1.37. The normalized spacial score (nSPS) is 10.9. The average molecular weight is 322 g/mol. The number of hydrogen-bond donors (Lipinski definition) is 0. The van der Waals surface area contributed by atoms with Crippen LogP contribution in [0.2, 0.25) is 0 Å². The van der Waals surface area contributed by atoms with Crippen molar-refractivity contribution in [3.05, 3.63) is 28.8 Å². The molecule has 0 aliphatic heterocycles. The summed E-state index contributed by atoms with van der Waals surface area (Å²) >= 11 is 2.85. The monoisotopic (exact) mass is 321 g/mol. The third kappa shape index (κ3) is 2.82. The Balaban J connectivity index is 3.55. The molecule has 1 rings (SSSR count). The predicted molar refractivity (Wildman–Crippen MR) is 60.8 cm³/mol. The van der Waals surface area contributed by atoms with Gasteiger partial charge in [-0.1, -0.05) is 15.9 Å². The molecule has 7 heteroatoms. The van der Waals surface area contributed by atoms with Gasteiger partial charge in [-0.25, -0.2) is 0 Å². The van der Waals surface area contributed by atoms with E-state index in [1.165, 1.54) is 0 Å². The molecule has 0 heterocycles. The molecule has 0 radical (unpaired) electrons. The van der Waals surface area contributed by atoms with E-state index in [9.17, 15) is 18.0 Å². The predicted octanol–water partition coefficient (Wildman–Crippen LogP) is 3.16. The molecule has 0 aliphatic rings. The Kier molecular flexibility index (Phi) is 4.35. The molecular weight excluding hydrogens is 315 g/mol. The van der Waals surface area contributed by atoms with E-state index in [0.29, 0.717) is 6.07 Å². The maximum Gasteiger partial charge on any atom is 0.419 e. The highest BCUT2D eigenvalue weighted by Gasteiger charge is 2.35. The Labute approximate surface area is 109 Å². The third-order valence-corrected chi connectivity index (χ3v) is 2.70. The Morgan fingerprint density at radius 1 is 1.50 bits per heavy atom. The molecular formula is C11H7BrF3NO2. The van der Waals surface area contributed by atoms with Crippen LogP contribution in [0.3, 0.4) is 0 Å². The zero-order valence-corrected chi connectivity index (χ0v) is 10.7. The highest BCUT2D eigenvalue weighted by atomic mass is 79.9. The first-order chi connectivity index (χ1) is 8.35. The topological polar surface area (TPSA) is 50.1 Å². The number of hydrogen-bond acceptors (Lipinski definition) is 3. The minimum absolute atomic E-state index is 0.149. The summed E-state index contributed by atoms with van der Waals surface area (Å²) in [6.45, 7) is 0. The molecule has 3 nitrogen and oxygen atoms in total. The average Bonchev–Trinajstić information content (AvgIpc) is 2.34. The molecule has 0 atom stereocenters. The number of nitrogens with zero attached hydrogens (tertiary/aromatic N) is 1. The lowest BCUT2D eigenvalue weighted by atomic mass is 10.0. The van der Waals surface area contributed by atoms with Crippen LogP contribution in [0.5, 0.6) is 5.75 Å². The summed E-state index contributed by atoms with van der Waals surface area (Å²) in [7, 11) is 1.07. The van der Waals surface area contributed by atoms with Gasteiger partial charge in [0, 0.05) is 5.56 Å². The zero-order chi connectivity index (χ0) is 13.9. The van der Waals surface area contributed by atoms with Gasteiger partial charge in [-0.05, 0) is 12.1 Å². The van der Waals surface area contributed by atoms with Gasteiger partial charge >= 0.3 is 6.18 Å². The molecule has 0 fully saturated rings. The van der Waals surface area contributed by atoms with Gasteiger partial charge in [0.25, 0.3) is 0 Å². The highest BCUT2D eigenvalue weighted by molar-refractivity contribution is 9.09. The lowest BCUT2D eigenvalue weighted by Gasteiger charge is -2.14. The van der Waals surface area contributed by atoms with Crippen LogP contribution >= 0.6 is 15.9 Å². The Bertz CT molecular complexity index is 520. The van der Waals surface area contributed by atoms with Crippen LogP contribution in [0, 0.1) is 11.3 Å². The van der Waals surface area contributed by atoms with Gasteiger partial charge in [-0.15, -0.1) is 0 Å². The number of nitriles is 1. The molecule has 1 aromatic rings. The van der Waals surface area contributed by atoms with E-state index >= 15 is 0 Å². The van der Waals surface area contributed by atoms with Gasteiger partial charge in [0.05, 0.1) is 23.6 Å². The van der Waals surface area contributed by atoms with Gasteiger partial charge in [0.1, 0.15) is 11.8 Å². The Hall–Kier alpha value is -1.55. The van der Waals surface area contributed by atoms with Gasteiger partial charge in [0.15, 0.2) is 5.78 Å². The third-order valence-electron chi connectivity index (χ3n) is 2.19. The summed E-state index contributed by atoms with van der Waals surface area (Å²) in [5, 5.41) is 8.66. The first-order valence-electron chi connectivity index (χ1n) is 4.63. The largest absolute Gasteiger partial charge is 0.496 e. The minimum atomic E-state index is -4.65. The fourth-order valence-corrected chi connectivity index (χ4v) is 1.67. The van der Waals surface area contributed by atoms with Crippen LogP contribution in [0.1, 0.15) is 21.5 Å². The molecule has 0 spiro atoms. The molecule has 18 heavy (non-hydrogen) atoms. The fraction of sp³-hybridized carbons (Fsp3) is 0.273. The second-order valence-corrected chi connectivity index (χ2v) is 3.83. The number of ketones is 1. The van der Waals surface area contributed by atoms with Crippen molar-refractivity contribution in [2.75, 3.05) is 12.4 Å². The minimum Gasteiger partial charge on any atom is -0.496 e. The van der Waals surface area contributed by atoms with E-state index in [0.717, 1.165) is 13.2 Å². The van der Waals surface area contributed by atoms with Crippen molar-refractivity contribution < 1.29 is 22.7 Å². The molecule has 0 aliphatic carbocycles. The van der Waals surface area contributed by atoms with E-state index < -0.39 is 23.3 Å². The number of carbonyl (C=O) groups excluding carboxylic acids is 1. The van der Waals surface area contributed by atoms with E-state index in [1.807, 2.05) is 0 Å². The number of rotatable bonds is 3. The lowest BCUT2D eigenvalue weighted by Crippen LogP contribution is -2.12. The van der Waals surface area contributed by atoms with Crippen molar-refractivity contribution in [2.45, 2.75) is 6.18 Å². The van der Waals surface area contributed by atoms with Gasteiger partial charge in [-0.3, -0.25) is 4.79 Å². The number of methoxy groups -OCH3 is 1. The van der Waals surface area contributed by atoms with Crippen LogP contribution in [0.25, 0.3) is 0 Å². The van der Waals surface area contributed by atoms with E-state index in [-0.39, 0.29) is 16.5 Å². The molecule has 0 saturated carbocycles. The summed E-state index contributed by atoms with van der Waals surface area (Å²) in [4.78, 5) is 11.5. The van der Waals surface area contributed by atoms with Crippen molar-refractivity contribution in [1.29, 1.82) is 5.26 Å². The van der Waals surface area contributed by atoms with Gasteiger partial charge in [0.2, 0.25) is 0 Å². The molecule has 1 aromatic carbocycles. The number of halogens is 4. The lowest BCUT2D eigenvalue weighted by molar-refractivity contribution is -0.138. The van der Waals surface area contributed by atoms with Gasteiger partial charge in [-0.2, -0.15) is 18.4 Å². The molecule has 0 saturated heterocycles. The second-order valence-electron chi connectivity index (χ2n) is 3.26. The van der Waals surface area contributed by atoms with Crippen LogP contribution in [-0.4, -0.2) is 18.2 Å². The molecule has 0 N–H and O–H groups in total. The summed E-state index contributed by atoms with van der Waals surface area (Å²) in [6, 6.07) is 3.23. The molecule has 0 amide bonds. The first-order valence-corrected chi connectivity index (χ1v) is 5.75. The standard InChI is InChI=1S/C11H7BrF3NO2/c1-18-10-2-6(5-16)7(9(17)4-12)3-8(10)11(13,14)15/h2-3H,4H2,1H3. The van der Waals surface area contributed by atoms with Crippen LogP contribution in [0.15, 0.2) is 12.1 Å². The molecule has 0 aromatic heterocycles. The Morgan fingerprint density at radius 2 is 2.11 bits per heavy atom.